The Morgan fingerprint density at radius 1 is 1.24 bits per heavy atom. The van der Waals surface area contributed by atoms with Crippen molar-refractivity contribution in [3.05, 3.63) is 47.1 Å². The molecule has 0 saturated heterocycles. The number of halogens is 1. The molecule has 0 amide bonds. The zero-order valence-corrected chi connectivity index (χ0v) is 9.99. The lowest BCUT2D eigenvalue weighted by atomic mass is 10.1. The Labute approximate surface area is 103 Å². The number of nitrogens with zero attached hydrogens (tertiary/aromatic N) is 2. The summed E-state index contributed by atoms with van der Waals surface area (Å²) in [6, 6.07) is 9.61. The number of aromatic nitrogens is 3. The van der Waals surface area contributed by atoms with Gasteiger partial charge in [0.2, 0.25) is 0 Å². The van der Waals surface area contributed by atoms with Gasteiger partial charge < -0.3 is 4.98 Å². The lowest BCUT2D eigenvalue weighted by molar-refractivity contribution is 1.28. The summed E-state index contributed by atoms with van der Waals surface area (Å²) in [7, 11) is 0. The molecule has 1 aromatic carbocycles. The number of fused-ring (bicyclic) bond motifs is 1. The van der Waals surface area contributed by atoms with Crippen LogP contribution in [0.3, 0.4) is 0 Å². The van der Waals surface area contributed by atoms with Crippen molar-refractivity contribution in [2.24, 2.45) is 0 Å². The average Bonchev–Trinajstić information content (AvgIpc) is 2.72. The minimum atomic E-state index is 0.733. The highest BCUT2D eigenvalue weighted by molar-refractivity contribution is 6.30. The van der Waals surface area contributed by atoms with Gasteiger partial charge in [0, 0.05) is 16.8 Å². The second-order valence-electron chi connectivity index (χ2n) is 3.92. The maximum atomic E-state index is 5.94. The lowest BCUT2D eigenvalue weighted by Crippen LogP contribution is -1.85. The van der Waals surface area contributed by atoms with Gasteiger partial charge in [-0.2, -0.15) is 0 Å². The molecule has 3 aromatic rings. The Hall–Kier alpha value is -1.87. The third-order valence-corrected chi connectivity index (χ3v) is 2.94. The van der Waals surface area contributed by atoms with Crippen LogP contribution in [-0.4, -0.2) is 15.0 Å². The van der Waals surface area contributed by atoms with Crippen LogP contribution in [0, 0.1) is 6.92 Å². The summed E-state index contributed by atoms with van der Waals surface area (Å²) < 4.78 is 0. The number of H-pyrrole nitrogens is 1. The minimum absolute atomic E-state index is 0.733. The van der Waals surface area contributed by atoms with Gasteiger partial charge >= 0.3 is 0 Å². The molecule has 0 aliphatic heterocycles. The van der Waals surface area contributed by atoms with Crippen LogP contribution in [0.2, 0.25) is 5.02 Å². The SMILES string of the molecule is Cc1cc(Cl)ccc1-c1nc2ncccc2[nH]1. The van der Waals surface area contributed by atoms with Crippen LogP contribution >= 0.6 is 11.6 Å². The van der Waals surface area contributed by atoms with Crippen LogP contribution < -0.4 is 0 Å². The predicted octanol–water partition coefficient (Wildman–Crippen LogP) is 3.59. The zero-order chi connectivity index (χ0) is 11.8. The van der Waals surface area contributed by atoms with Gasteiger partial charge in [0.15, 0.2) is 5.65 Å². The first kappa shape index (κ1) is 10.3. The van der Waals surface area contributed by atoms with E-state index in [0.717, 1.165) is 33.1 Å². The van der Waals surface area contributed by atoms with Crippen LogP contribution in [-0.2, 0) is 0 Å². The van der Waals surface area contributed by atoms with Crippen LogP contribution in [0.1, 0.15) is 5.56 Å². The molecule has 4 heteroatoms. The maximum absolute atomic E-state index is 5.94. The van der Waals surface area contributed by atoms with Crippen molar-refractivity contribution >= 4 is 22.8 Å². The molecular weight excluding hydrogens is 234 g/mol. The van der Waals surface area contributed by atoms with E-state index in [1.54, 1.807) is 6.20 Å². The minimum Gasteiger partial charge on any atom is -0.337 e. The predicted molar refractivity (Wildman–Crippen MR) is 69.1 cm³/mol. The molecule has 0 unspecified atom stereocenters. The van der Waals surface area contributed by atoms with Crippen LogP contribution in [0.5, 0.6) is 0 Å². The van der Waals surface area contributed by atoms with E-state index in [2.05, 4.69) is 15.0 Å². The van der Waals surface area contributed by atoms with E-state index < -0.39 is 0 Å². The van der Waals surface area contributed by atoms with E-state index >= 15 is 0 Å². The summed E-state index contributed by atoms with van der Waals surface area (Å²) >= 11 is 5.94. The molecule has 84 valence electrons. The second-order valence-corrected chi connectivity index (χ2v) is 4.36. The molecular formula is C13H10ClN3. The molecule has 2 heterocycles. The Morgan fingerprint density at radius 2 is 2.12 bits per heavy atom. The molecule has 1 N–H and O–H groups in total. The molecule has 2 aromatic heterocycles. The number of aryl methyl sites for hydroxylation is 1. The van der Waals surface area contributed by atoms with Crippen molar-refractivity contribution in [2.75, 3.05) is 0 Å². The van der Waals surface area contributed by atoms with Crippen molar-refractivity contribution in [1.29, 1.82) is 0 Å². The summed E-state index contributed by atoms with van der Waals surface area (Å²) in [6.45, 7) is 2.02. The highest BCUT2D eigenvalue weighted by Crippen LogP contribution is 2.25. The molecule has 0 saturated carbocycles. The van der Waals surface area contributed by atoms with Gasteiger partial charge in [0.05, 0.1) is 5.52 Å². The van der Waals surface area contributed by atoms with E-state index in [-0.39, 0.29) is 0 Å². The molecule has 0 bridgehead atoms. The van der Waals surface area contributed by atoms with Crippen molar-refractivity contribution in [3.63, 3.8) is 0 Å². The zero-order valence-electron chi connectivity index (χ0n) is 9.24. The summed E-state index contributed by atoms with van der Waals surface area (Å²) in [5.74, 6) is 0.827. The first-order chi connectivity index (χ1) is 8.24. The van der Waals surface area contributed by atoms with Gasteiger partial charge in [-0.15, -0.1) is 0 Å². The standard InChI is InChI=1S/C13H10ClN3/c1-8-7-9(14)4-5-10(8)12-16-11-3-2-6-15-13(11)17-12/h2-7H,1H3,(H,15,16,17). The number of nitrogens with one attached hydrogen (secondary N) is 1. The molecule has 0 aliphatic rings. The number of rotatable bonds is 1. The van der Waals surface area contributed by atoms with E-state index in [1.807, 2.05) is 37.3 Å². The van der Waals surface area contributed by atoms with Crippen LogP contribution in [0.4, 0.5) is 0 Å². The molecule has 0 aliphatic carbocycles. The molecule has 0 spiro atoms. The van der Waals surface area contributed by atoms with E-state index in [1.165, 1.54) is 0 Å². The van der Waals surface area contributed by atoms with Crippen molar-refractivity contribution < 1.29 is 0 Å². The largest absolute Gasteiger partial charge is 0.337 e. The quantitative estimate of drug-likeness (QED) is 0.710. The van der Waals surface area contributed by atoms with E-state index in [4.69, 9.17) is 11.6 Å². The number of pyridine rings is 1. The molecule has 0 fully saturated rings. The van der Waals surface area contributed by atoms with E-state index in [9.17, 15) is 0 Å². The first-order valence-electron chi connectivity index (χ1n) is 5.31. The lowest BCUT2D eigenvalue weighted by Gasteiger charge is -2.02. The number of aromatic amines is 1. The number of hydrogen-bond donors (Lipinski definition) is 1. The third kappa shape index (κ3) is 1.78. The number of imidazole rings is 1. The second kappa shape index (κ2) is 3.86. The smallest absolute Gasteiger partial charge is 0.178 e. The number of benzene rings is 1. The first-order valence-corrected chi connectivity index (χ1v) is 5.69. The molecule has 3 nitrogen and oxygen atoms in total. The summed E-state index contributed by atoms with van der Waals surface area (Å²) in [5, 5.41) is 0.737. The van der Waals surface area contributed by atoms with Gasteiger partial charge in [-0.05, 0) is 42.8 Å². The van der Waals surface area contributed by atoms with Gasteiger partial charge in [-0.1, -0.05) is 11.6 Å². The number of hydrogen-bond acceptors (Lipinski definition) is 2. The van der Waals surface area contributed by atoms with Gasteiger partial charge in [-0.3, -0.25) is 0 Å². The van der Waals surface area contributed by atoms with Crippen molar-refractivity contribution in [2.45, 2.75) is 6.92 Å². The molecule has 0 atom stereocenters. The fourth-order valence-corrected chi connectivity index (χ4v) is 2.09. The monoisotopic (exact) mass is 243 g/mol. The normalized spacial score (nSPS) is 10.9. The fourth-order valence-electron chi connectivity index (χ4n) is 1.87. The average molecular weight is 244 g/mol. The van der Waals surface area contributed by atoms with Crippen LogP contribution in [0.15, 0.2) is 36.5 Å². The summed E-state index contributed by atoms with van der Waals surface area (Å²) in [4.78, 5) is 11.9. The van der Waals surface area contributed by atoms with Gasteiger partial charge in [-0.25, -0.2) is 9.97 Å². The Balaban J connectivity index is 2.20. The Bertz CT molecular complexity index is 655. The Kier molecular flexibility index (Phi) is 2.34. The summed E-state index contributed by atoms with van der Waals surface area (Å²) in [5.41, 5.74) is 3.82. The molecule has 3 rings (SSSR count). The highest BCUT2D eigenvalue weighted by atomic mass is 35.5. The fraction of sp³-hybridized carbons (Fsp3) is 0.0769. The maximum Gasteiger partial charge on any atom is 0.178 e. The van der Waals surface area contributed by atoms with Crippen LogP contribution in [0.25, 0.3) is 22.6 Å². The third-order valence-electron chi connectivity index (χ3n) is 2.70. The van der Waals surface area contributed by atoms with E-state index in [0.29, 0.717) is 0 Å². The van der Waals surface area contributed by atoms with Crippen molar-refractivity contribution in [3.8, 4) is 11.4 Å². The summed E-state index contributed by atoms with van der Waals surface area (Å²) in [6.07, 6.45) is 1.74. The molecule has 0 radical (unpaired) electrons. The molecule has 17 heavy (non-hydrogen) atoms. The van der Waals surface area contributed by atoms with Gasteiger partial charge in [0.1, 0.15) is 5.82 Å². The Morgan fingerprint density at radius 3 is 2.88 bits per heavy atom. The van der Waals surface area contributed by atoms with Crippen molar-refractivity contribution in [1.82, 2.24) is 15.0 Å². The topological polar surface area (TPSA) is 41.6 Å². The van der Waals surface area contributed by atoms with Gasteiger partial charge in [0.25, 0.3) is 0 Å². The highest BCUT2D eigenvalue weighted by Gasteiger charge is 2.08.